The van der Waals surface area contributed by atoms with Gasteiger partial charge in [0, 0.05) is 18.9 Å². The lowest BCUT2D eigenvalue weighted by molar-refractivity contribution is -0.154. The molecular formula is C27H38O4. The molecule has 170 valence electrons. The van der Waals surface area contributed by atoms with E-state index in [1.807, 2.05) is 39.0 Å². The van der Waals surface area contributed by atoms with Gasteiger partial charge in [-0.15, -0.1) is 0 Å². The van der Waals surface area contributed by atoms with Crippen molar-refractivity contribution in [1.82, 2.24) is 0 Å². The molecule has 0 aliphatic heterocycles. The number of aliphatic hydroxyl groups is 1. The van der Waals surface area contributed by atoms with E-state index < -0.39 is 5.60 Å². The van der Waals surface area contributed by atoms with Gasteiger partial charge >= 0.3 is 5.97 Å². The fraction of sp³-hybridized carbons (Fsp3) is 0.519. The van der Waals surface area contributed by atoms with Crippen LogP contribution in [0.4, 0.5) is 0 Å². The molecule has 0 aliphatic carbocycles. The molecule has 0 bridgehead atoms. The lowest BCUT2D eigenvalue weighted by Gasteiger charge is -2.19. The average Bonchev–Trinajstić information content (AvgIpc) is 2.74. The predicted molar refractivity (Wildman–Crippen MR) is 125 cm³/mol. The fourth-order valence-electron chi connectivity index (χ4n) is 3.60. The van der Waals surface area contributed by atoms with Crippen LogP contribution in [0, 0.1) is 0 Å². The Bertz CT molecular complexity index is 747. The molecule has 4 heteroatoms. The highest BCUT2D eigenvalue weighted by Gasteiger charge is 2.16. The maximum atomic E-state index is 11.7. The molecule has 31 heavy (non-hydrogen) atoms. The van der Waals surface area contributed by atoms with Gasteiger partial charge in [0.05, 0.1) is 6.61 Å². The van der Waals surface area contributed by atoms with Crippen molar-refractivity contribution in [2.45, 2.75) is 77.2 Å². The van der Waals surface area contributed by atoms with Crippen molar-refractivity contribution in [3.8, 4) is 5.75 Å². The zero-order chi connectivity index (χ0) is 22.5. The second-order valence-electron chi connectivity index (χ2n) is 9.00. The Morgan fingerprint density at radius 3 is 2.19 bits per heavy atom. The molecule has 0 aliphatic rings. The quantitative estimate of drug-likeness (QED) is 0.303. The minimum atomic E-state index is -0.412. The van der Waals surface area contributed by atoms with E-state index in [9.17, 15) is 4.79 Å². The summed E-state index contributed by atoms with van der Waals surface area (Å²) in [7, 11) is 0. The van der Waals surface area contributed by atoms with E-state index in [1.54, 1.807) is 0 Å². The van der Waals surface area contributed by atoms with Gasteiger partial charge in [0.2, 0.25) is 0 Å². The summed E-state index contributed by atoms with van der Waals surface area (Å²) in [4.78, 5) is 11.7. The number of aliphatic hydroxyl groups excluding tert-OH is 1. The van der Waals surface area contributed by atoms with Crippen LogP contribution in [0.5, 0.6) is 5.75 Å². The number of benzene rings is 2. The number of carbonyl (C=O) groups is 1. The maximum Gasteiger partial charge on any atom is 0.306 e. The Morgan fingerprint density at radius 2 is 1.55 bits per heavy atom. The molecule has 2 aromatic rings. The number of unbranched alkanes of at least 4 members (excludes halogenated alkanes) is 3. The standard InChI is InChI=1S/C27H38O4/c1-27(2,3)31-26(29)15-8-5-11-21-30-24-18-16-23(17-19-24)25(14-9-10-20-28)22-12-6-4-7-13-22/h4,6-7,12-13,16-19,25,28H,5,8-11,14-15,20-21H2,1-3H3/t25-/m1/s1. The van der Waals surface area contributed by atoms with Gasteiger partial charge < -0.3 is 14.6 Å². The minimum Gasteiger partial charge on any atom is -0.494 e. The Labute approximate surface area is 187 Å². The Balaban J connectivity index is 1.77. The van der Waals surface area contributed by atoms with Crippen molar-refractivity contribution in [3.63, 3.8) is 0 Å². The highest BCUT2D eigenvalue weighted by Crippen LogP contribution is 2.31. The van der Waals surface area contributed by atoms with Gasteiger partial charge in [0.15, 0.2) is 0 Å². The number of esters is 1. The van der Waals surface area contributed by atoms with Crippen molar-refractivity contribution in [2.75, 3.05) is 13.2 Å². The molecule has 2 aromatic carbocycles. The first-order valence-corrected chi connectivity index (χ1v) is 11.5. The molecule has 1 N–H and O–H groups in total. The van der Waals surface area contributed by atoms with Crippen molar-refractivity contribution >= 4 is 5.97 Å². The van der Waals surface area contributed by atoms with Crippen molar-refractivity contribution in [2.24, 2.45) is 0 Å². The van der Waals surface area contributed by atoms with E-state index in [4.69, 9.17) is 14.6 Å². The summed E-state index contributed by atoms with van der Waals surface area (Å²) in [5, 5.41) is 9.13. The zero-order valence-electron chi connectivity index (χ0n) is 19.3. The SMILES string of the molecule is CC(C)(C)OC(=O)CCCCCOc1ccc([C@H](CCCCO)c2ccccc2)cc1. The molecular weight excluding hydrogens is 388 g/mol. The molecule has 0 heterocycles. The largest absolute Gasteiger partial charge is 0.494 e. The third-order valence-electron chi connectivity index (χ3n) is 5.10. The summed E-state index contributed by atoms with van der Waals surface area (Å²) >= 11 is 0. The highest BCUT2D eigenvalue weighted by atomic mass is 16.6. The van der Waals surface area contributed by atoms with Crippen molar-refractivity contribution in [3.05, 3.63) is 65.7 Å². The molecule has 0 amide bonds. The van der Waals surface area contributed by atoms with Crippen LogP contribution >= 0.6 is 0 Å². The number of hydrogen-bond acceptors (Lipinski definition) is 4. The molecule has 0 radical (unpaired) electrons. The lowest BCUT2D eigenvalue weighted by atomic mass is 9.87. The van der Waals surface area contributed by atoms with Gasteiger partial charge in [-0.05, 0) is 76.1 Å². The van der Waals surface area contributed by atoms with Crippen LogP contribution < -0.4 is 4.74 Å². The first kappa shape index (κ1) is 24.9. The van der Waals surface area contributed by atoms with Gasteiger partial charge in [0.25, 0.3) is 0 Å². The minimum absolute atomic E-state index is 0.129. The Hall–Kier alpha value is -2.33. The van der Waals surface area contributed by atoms with Crippen LogP contribution in [0.3, 0.4) is 0 Å². The number of ether oxygens (including phenoxy) is 2. The number of rotatable bonds is 13. The number of hydrogen-bond donors (Lipinski definition) is 1. The zero-order valence-corrected chi connectivity index (χ0v) is 19.3. The molecule has 0 saturated heterocycles. The van der Waals surface area contributed by atoms with E-state index in [2.05, 4.69) is 36.4 Å². The summed E-state index contributed by atoms with van der Waals surface area (Å²) in [6, 6.07) is 18.9. The average molecular weight is 427 g/mol. The molecule has 4 nitrogen and oxygen atoms in total. The maximum absolute atomic E-state index is 11.7. The Morgan fingerprint density at radius 1 is 0.871 bits per heavy atom. The van der Waals surface area contributed by atoms with Crippen LogP contribution in [0.1, 0.15) is 82.8 Å². The second kappa shape index (κ2) is 13.2. The third kappa shape index (κ3) is 10.0. The molecule has 1 atom stereocenters. The molecule has 0 fully saturated rings. The van der Waals surface area contributed by atoms with Crippen LogP contribution in [0.2, 0.25) is 0 Å². The monoisotopic (exact) mass is 426 g/mol. The van der Waals surface area contributed by atoms with E-state index in [0.717, 1.165) is 44.3 Å². The summed E-state index contributed by atoms with van der Waals surface area (Å²) in [5.41, 5.74) is 2.16. The summed E-state index contributed by atoms with van der Waals surface area (Å²) in [6.07, 6.45) is 5.99. The summed E-state index contributed by atoms with van der Waals surface area (Å²) < 4.78 is 11.2. The van der Waals surface area contributed by atoms with Crippen LogP contribution in [0.15, 0.2) is 54.6 Å². The lowest BCUT2D eigenvalue weighted by Crippen LogP contribution is -2.23. The molecule has 0 spiro atoms. The molecule has 0 unspecified atom stereocenters. The van der Waals surface area contributed by atoms with E-state index in [-0.39, 0.29) is 12.6 Å². The molecule has 0 aromatic heterocycles. The van der Waals surface area contributed by atoms with Gasteiger partial charge in [0.1, 0.15) is 11.4 Å². The van der Waals surface area contributed by atoms with E-state index in [0.29, 0.717) is 18.9 Å². The smallest absolute Gasteiger partial charge is 0.306 e. The van der Waals surface area contributed by atoms with Gasteiger partial charge in [-0.25, -0.2) is 0 Å². The topological polar surface area (TPSA) is 55.8 Å². The van der Waals surface area contributed by atoms with Crippen molar-refractivity contribution in [1.29, 1.82) is 0 Å². The highest BCUT2D eigenvalue weighted by molar-refractivity contribution is 5.69. The summed E-state index contributed by atoms with van der Waals surface area (Å²) in [6.45, 7) is 6.56. The second-order valence-corrected chi connectivity index (χ2v) is 9.00. The van der Waals surface area contributed by atoms with Crippen LogP contribution in [-0.2, 0) is 9.53 Å². The van der Waals surface area contributed by atoms with E-state index >= 15 is 0 Å². The van der Waals surface area contributed by atoms with Crippen LogP contribution in [-0.4, -0.2) is 29.9 Å². The molecule has 0 saturated carbocycles. The van der Waals surface area contributed by atoms with E-state index in [1.165, 1.54) is 11.1 Å². The first-order chi connectivity index (χ1) is 14.9. The number of carbonyl (C=O) groups excluding carboxylic acids is 1. The van der Waals surface area contributed by atoms with Crippen LogP contribution in [0.25, 0.3) is 0 Å². The van der Waals surface area contributed by atoms with Gasteiger partial charge in [-0.1, -0.05) is 48.9 Å². The fourth-order valence-corrected chi connectivity index (χ4v) is 3.60. The molecule has 2 rings (SSSR count). The normalized spacial score (nSPS) is 12.4. The third-order valence-corrected chi connectivity index (χ3v) is 5.10. The predicted octanol–water partition coefficient (Wildman–Crippen LogP) is 6.26. The van der Waals surface area contributed by atoms with Crippen molar-refractivity contribution < 1.29 is 19.4 Å². The summed E-state index contributed by atoms with van der Waals surface area (Å²) in [5.74, 6) is 1.07. The van der Waals surface area contributed by atoms with Gasteiger partial charge in [-0.3, -0.25) is 4.79 Å². The Kier molecular flexibility index (Phi) is 10.6. The van der Waals surface area contributed by atoms with Gasteiger partial charge in [-0.2, -0.15) is 0 Å². The first-order valence-electron chi connectivity index (χ1n) is 11.5.